The van der Waals surface area contributed by atoms with Crippen LogP contribution in [0.3, 0.4) is 0 Å². The highest BCUT2D eigenvalue weighted by molar-refractivity contribution is 5.32. The summed E-state index contributed by atoms with van der Waals surface area (Å²) in [6, 6.07) is 8.95. The van der Waals surface area contributed by atoms with Crippen molar-refractivity contribution in [2.45, 2.75) is 25.3 Å². The van der Waals surface area contributed by atoms with Crippen LogP contribution in [0.1, 0.15) is 29.9 Å². The molecule has 20 heavy (non-hydrogen) atoms. The number of hydrogen-bond donors (Lipinski definition) is 1. The monoisotopic (exact) mass is 273 g/mol. The molecule has 3 rings (SSSR count). The predicted octanol–water partition coefficient (Wildman–Crippen LogP) is 1.90. The van der Waals surface area contributed by atoms with Crippen LogP contribution in [0.5, 0.6) is 0 Å². The Morgan fingerprint density at radius 3 is 2.80 bits per heavy atom. The van der Waals surface area contributed by atoms with E-state index in [1.54, 1.807) is 5.56 Å². The first-order chi connectivity index (χ1) is 9.83. The Morgan fingerprint density at radius 2 is 1.95 bits per heavy atom. The summed E-state index contributed by atoms with van der Waals surface area (Å²) in [4.78, 5) is 5.06. The molecular formula is C17H27N3. The quantitative estimate of drug-likeness (QED) is 0.904. The number of benzene rings is 1. The number of nitrogens with one attached hydrogen (secondary N) is 1. The highest BCUT2D eigenvalue weighted by atomic mass is 15.2. The van der Waals surface area contributed by atoms with E-state index in [0.29, 0.717) is 5.92 Å². The summed E-state index contributed by atoms with van der Waals surface area (Å²) in [6.07, 6.45) is 2.64. The maximum Gasteiger partial charge on any atom is 0.0208 e. The first kappa shape index (κ1) is 14.1. The van der Waals surface area contributed by atoms with E-state index in [4.69, 9.17) is 0 Å². The average molecular weight is 273 g/mol. The number of nitrogens with zero attached hydrogens (tertiary/aromatic N) is 2. The fourth-order valence-corrected chi connectivity index (χ4v) is 3.47. The zero-order valence-corrected chi connectivity index (χ0v) is 12.6. The van der Waals surface area contributed by atoms with Gasteiger partial charge in [0.15, 0.2) is 0 Å². The van der Waals surface area contributed by atoms with Gasteiger partial charge in [0.05, 0.1) is 0 Å². The third-order valence-electron chi connectivity index (χ3n) is 4.82. The molecular weight excluding hydrogens is 246 g/mol. The minimum absolute atomic E-state index is 0.715. The molecule has 3 nitrogen and oxygen atoms in total. The van der Waals surface area contributed by atoms with E-state index in [-0.39, 0.29) is 0 Å². The molecule has 2 aliphatic heterocycles. The Labute approximate surface area is 123 Å². The maximum absolute atomic E-state index is 3.56. The lowest BCUT2D eigenvalue weighted by molar-refractivity contribution is 0.151. The van der Waals surface area contributed by atoms with Crippen LogP contribution >= 0.6 is 0 Å². The van der Waals surface area contributed by atoms with E-state index in [1.807, 2.05) is 0 Å². The summed E-state index contributed by atoms with van der Waals surface area (Å²) in [7, 11) is 2.22. The van der Waals surface area contributed by atoms with Crippen LogP contribution in [0.15, 0.2) is 24.3 Å². The Bertz CT molecular complexity index is 424. The normalized spacial score (nSPS) is 24.6. The van der Waals surface area contributed by atoms with Crippen molar-refractivity contribution >= 4 is 0 Å². The van der Waals surface area contributed by atoms with Crippen LogP contribution in [0, 0.1) is 0 Å². The fourth-order valence-electron chi connectivity index (χ4n) is 3.47. The number of piperazine rings is 1. The Kier molecular flexibility index (Phi) is 4.71. The molecule has 0 radical (unpaired) electrons. The van der Waals surface area contributed by atoms with Gasteiger partial charge in [0.25, 0.3) is 0 Å². The molecule has 0 bridgehead atoms. The molecule has 0 aliphatic carbocycles. The van der Waals surface area contributed by atoms with Gasteiger partial charge < -0.3 is 15.1 Å². The molecule has 110 valence electrons. The lowest BCUT2D eigenvalue weighted by Gasteiger charge is -2.33. The van der Waals surface area contributed by atoms with Crippen LogP contribution in [-0.2, 0) is 6.54 Å². The third kappa shape index (κ3) is 3.40. The van der Waals surface area contributed by atoms with Crippen LogP contribution in [0.4, 0.5) is 0 Å². The molecule has 1 aromatic carbocycles. The molecule has 0 spiro atoms. The van der Waals surface area contributed by atoms with Gasteiger partial charge in [-0.2, -0.15) is 0 Å². The third-order valence-corrected chi connectivity index (χ3v) is 4.82. The summed E-state index contributed by atoms with van der Waals surface area (Å²) >= 11 is 0. The summed E-state index contributed by atoms with van der Waals surface area (Å²) in [6.45, 7) is 8.42. The number of fused-ring (bicyclic) bond motifs is 1. The minimum atomic E-state index is 0.715. The van der Waals surface area contributed by atoms with Crippen molar-refractivity contribution in [3.63, 3.8) is 0 Å². The highest BCUT2D eigenvalue weighted by Gasteiger charge is 2.19. The Hall–Kier alpha value is -0.900. The van der Waals surface area contributed by atoms with Crippen molar-refractivity contribution in [1.82, 2.24) is 15.1 Å². The minimum Gasteiger partial charge on any atom is -0.312 e. The summed E-state index contributed by atoms with van der Waals surface area (Å²) in [5, 5.41) is 3.56. The maximum atomic E-state index is 3.56. The first-order valence-electron chi connectivity index (χ1n) is 8.02. The van der Waals surface area contributed by atoms with E-state index in [9.17, 15) is 0 Å². The van der Waals surface area contributed by atoms with Gasteiger partial charge in [0.2, 0.25) is 0 Å². The van der Waals surface area contributed by atoms with Crippen LogP contribution in [0.25, 0.3) is 0 Å². The lowest BCUT2D eigenvalue weighted by Crippen LogP contribution is -2.44. The molecule has 0 saturated carbocycles. The second-order valence-corrected chi connectivity index (χ2v) is 6.31. The molecule has 1 fully saturated rings. The molecule has 3 heteroatoms. The molecule has 2 aliphatic rings. The number of hydrogen-bond acceptors (Lipinski definition) is 3. The van der Waals surface area contributed by atoms with E-state index < -0.39 is 0 Å². The zero-order valence-electron chi connectivity index (χ0n) is 12.6. The van der Waals surface area contributed by atoms with Crippen molar-refractivity contribution in [2.24, 2.45) is 0 Å². The van der Waals surface area contributed by atoms with Gasteiger partial charge in [-0.15, -0.1) is 0 Å². The van der Waals surface area contributed by atoms with Gasteiger partial charge in [-0.25, -0.2) is 0 Å². The second-order valence-electron chi connectivity index (χ2n) is 6.31. The van der Waals surface area contributed by atoms with E-state index >= 15 is 0 Å². The van der Waals surface area contributed by atoms with E-state index in [1.165, 1.54) is 51.1 Å². The number of rotatable bonds is 4. The molecule has 1 N–H and O–H groups in total. The van der Waals surface area contributed by atoms with Gasteiger partial charge >= 0.3 is 0 Å². The number of likely N-dealkylation sites (N-methyl/N-ethyl adjacent to an activating group) is 1. The average Bonchev–Trinajstić information content (AvgIpc) is 2.49. The van der Waals surface area contributed by atoms with Gasteiger partial charge in [-0.05, 0) is 43.5 Å². The zero-order chi connectivity index (χ0) is 13.8. The molecule has 0 amide bonds. The van der Waals surface area contributed by atoms with Crippen LogP contribution in [-0.4, -0.2) is 56.1 Å². The first-order valence-corrected chi connectivity index (χ1v) is 8.02. The van der Waals surface area contributed by atoms with Gasteiger partial charge in [-0.1, -0.05) is 24.3 Å². The summed E-state index contributed by atoms with van der Waals surface area (Å²) in [5.74, 6) is 0.715. The SMILES string of the molecule is CN1CCN(CCCC2CNCc3ccccc32)CC1. The predicted molar refractivity (Wildman–Crippen MR) is 84.1 cm³/mol. The van der Waals surface area contributed by atoms with Gasteiger partial charge in [0, 0.05) is 39.3 Å². The van der Waals surface area contributed by atoms with Crippen molar-refractivity contribution < 1.29 is 0 Å². The fraction of sp³-hybridized carbons (Fsp3) is 0.647. The molecule has 1 saturated heterocycles. The van der Waals surface area contributed by atoms with Crippen LogP contribution in [0.2, 0.25) is 0 Å². The van der Waals surface area contributed by atoms with Crippen molar-refractivity contribution in [2.75, 3.05) is 46.3 Å². The Morgan fingerprint density at radius 1 is 1.15 bits per heavy atom. The molecule has 1 atom stereocenters. The highest BCUT2D eigenvalue weighted by Crippen LogP contribution is 2.27. The second kappa shape index (κ2) is 6.70. The molecule has 1 aromatic rings. The molecule has 0 aromatic heterocycles. The van der Waals surface area contributed by atoms with Gasteiger partial charge in [-0.3, -0.25) is 0 Å². The van der Waals surface area contributed by atoms with E-state index in [0.717, 1.165) is 13.1 Å². The Balaban J connectivity index is 1.47. The molecule has 1 unspecified atom stereocenters. The van der Waals surface area contributed by atoms with Crippen molar-refractivity contribution in [3.8, 4) is 0 Å². The van der Waals surface area contributed by atoms with Crippen molar-refractivity contribution in [1.29, 1.82) is 0 Å². The van der Waals surface area contributed by atoms with Crippen LogP contribution < -0.4 is 5.32 Å². The smallest absolute Gasteiger partial charge is 0.0208 e. The summed E-state index contributed by atoms with van der Waals surface area (Å²) < 4.78 is 0. The standard InChI is InChI=1S/C17H27N3/c1-19-9-11-20(12-10-19)8-4-6-16-14-18-13-15-5-2-3-7-17(15)16/h2-3,5,7,16,18H,4,6,8-14H2,1H3. The topological polar surface area (TPSA) is 18.5 Å². The largest absolute Gasteiger partial charge is 0.312 e. The summed E-state index contributed by atoms with van der Waals surface area (Å²) in [5.41, 5.74) is 3.09. The van der Waals surface area contributed by atoms with Crippen molar-refractivity contribution in [3.05, 3.63) is 35.4 Å². The van der Waals surface area contributed by atoms with Gasteiger partial charge in [0.1, 0.15) is 0 Å². The lowest BCUT2D eigenvalue weighted by atomic mass is 9.87. The molecule has 2 heterocycles. The van der Waals surface area contributed by atoms with E-state index in [2.05, 4.69) is 46.4 Å².